The van der Waals surface area contributed by atoms with Crippen molar-refractivity contribution in [3.05, 3.63) is 71.5 Å². The van der Waals surface area contributed by atoms with Crippen molar-refractivity contribution in [3.63, 3.8) is 0 Å². The molecule has 0 saturated carbocycles. The van der Waals surface area contributed by atoms with E-state index in [1.807, 2.05) is 30.3 Å². The number of ether oxygens (including phenoxy) is 1. The maximum atomic E-state index is 14.1. The van der Waals surface area contributed by atoms with Gasteiger partial charge in [-0.1, -0.05) is 48.5 Å². The van der Waals surface area contributed by atoms with Crippen molar-refractivity contribution >= 4 is 6.09 Å². The van der Waals surface area contributed by atoms with E-state index in [0.717, 1.165) is 5.56 Å². The first-order valence-electron chi connectivity index (χ1n) is 7.64. The number of hydrogen-bond acceptors (Lipinski definition) is 3. The lowest BCUT2D eigenvalue weighted by atomic mass is 10.0. The van der Waals surface area contributed by atoms with Crippen molar-refractivity contribution in [2.45, 2.75) is 25.1 Å². The first-order chi connectivity index (χ1) is 11.2. The minimum absolute atomic E-state index is 0.190. The molecule has 2 atom stereocenters. The molecule has 1 saturated heterocycles. The summed E-state index contributed by atoms with van der Waals surface area (Å²) in [6.45, 7) is 0.656. The smallest absolute Gasteiger partial charge is 0.410 e. The summed E-state index contributed by atoms with van der Waals surface area (Å²) in [5.41, 5.74) is 7.45. The summed E-state index contributed by atoms with van der Waals surface area (Å²) in [5.74, 6) is -0.351. The van der Waals surface area contributed by atoms with Gasteiger partial charge in [-0.15, -0.1) is 0 Å². The maximum Gasteiger partial charge on any atom is 0.410 e. The van der Waals surface area contributed by atoms with Crippen molar-refractivity contribution in [2.24, 2.45) is 5.73 Å². The largest absolute Gasteiger partial charge is 0.445 e. The lowest BCUT2D eigenvalue weighted by Gasteiger charge is -2.26. The molecule has 1 heterocycles. The van der Waals surface area contributed by atoms with Crippen LogP contribution in [0.15, 0.2) is 54.6 Å². The van der Waals surface area contributed by atoms with Gasteiger partial charge < -0.3 is 10.5 Å². The number of carbonyl (C=O) groups is 1. The zero-order valence-electron chi connectivity index (χ0n) is 12.7. The molecule has 5 heteroatoms. The van der Waals surface area contributed by atoms with Gasteiger partial charge in [0, 0.05) is 18.2 Å². The monoisotopic (exact) mass is 314 g/mol. The van der Waals surface area contributed by atoms with Crippen LogP contribution < -0.4 is 5.73 Å². The summed E-state index contributed by atoms with van der Waals surface area (Å²) in [6.07, 6.45) is 0.162. The number of likely N-dealkylation sites (tertiary alicyclic amines) is 1. The van der Waals surface area contributed by atoms with Crippen LogP contribution in [0.2, 0.25) is 0 Å². The zero-order valence-corrected chi connectivity index (χ0v) is 12.7. The van der Waals surface area contributed by atoms with Gasteiger partial charge in [0.05, 0.1) is 6.04 Å². The van der Waals surface area contributed by atoms with E-state index in [2.05, 4.69) is 0 Å². The second-order valence-electron chi connectivity index (χ2n) is 5.65. The molecular weight excluding hydrogens is 295 g/mol. The minimum Gasteiger partial charge on any atom is -0.445 e. The second-order valence-corrected chi connectivity index (χ2v) is 5.65. The van der Waals surface area contributed by atoms with Crippen molar-refractivity contribution in [1.29, 1.82) is 0 Å². The molecule has 0 aromatic heterocycles. The van der Waals surface area contributed by atoms with Gasteiger partial charge in [-0.05, 0) is 18.1 Å². The van der Waals surface area contributed by atoms with Crippen LogP contribution in [0.4, 0.5) is 9.18 Å². The lowest BCUT2D eigenvalue weighted by Crippen LogP contribution is -2.36. The summed E-state index contributed by atoms with van der Waals surface area (Å²) in [6, 6.07) is 15.1. The fourth-order valence-corrected chi connectivity index (χ4v) is 2.94. The molecule has 2 aromatic carbocycles. The van der Waals surface area contributed by atoms with E-state index in [9.17, 15) is 9.18 Å². The Bertz CT molecular complexity index is 678. The van der Waals surface area contributed by atoms with Crippen molar-refractivity contribution in [3.8, 4) is 0 Å². The molecule has 1 aliphatic rings. The predicted molar refractivity (Wildman–Crippen MR) is 85.1 cm³/mol. The first kappa shape index (κ1) is 15.5. The molecule has 0 bridgehead atoms. The molecule has 2 unspecified atom stereocenters. The topological polar surface area (TPSA) is 55.6 Å². The van der Waals surface area contributed by atoms with Gasteiger partial charge in [-0.2, -0.15) is 0 Å². The van der Waals surface area contributed by atoms with Gasteiger partial charge in [0.1, 0.15) is 12.4 Å². The fraction of sp³-hybridized carbons (Fsp3) is 0.278. The number of halogens is 1. The summed E-state index contributed by atoms with van der Waals surface area (Å²) in [5, 5.41) is 0. The van der Waals surface area contributed by atoms with E-state index >= 15 is 0 Å². The number of rotatable bonds is 3. The normalized spacial score (nSPS) is 20.5. The van der Waals surface area contributed by atoms with Gasteiger partial charge in [-0.3, -0.25) is 4.90 Å². The van der Waals surface area contributed by atoms with Crippen LogP contribution in [0.25, 0.3) is 0 Å². The van der Waals surface area contributed by atoms with Crippen LogP contribution in [0.1, 0.15) is 23.6 Å². The van der Waals surface area contributed by atoms with Gasteiger partial charge in [-0.25, -0.2) is 9.18 Å². The van der Waals surface area contributed by atoms with Gasteiger partial charge >= 0.3 is 6.09 Å². The van der Waals surface area contributed by atoms with Crippen LogP contribution in [-0.2, 0) is 11.3 Å². The van der Waals surface area contributed by atoms with E-state index in [1.165, 1.54) is 11.0 Å². The number of nitrogens with two attached hydrogens (primary N) is 1. The molecule has 2 aromatic rings. The molecule has 0 spiro atoms. The summed E-state index contributed by atoms with van der Waals surface area (Å²) in [4.78, 5) is 13.9. The van der Waals surface area contributed by atoms with Gasteiger partial charge in [0.2, 0.25) is 0 Å². The van der Waals surface area contributed by atoms with Gasteiger partial charge in [0.15, 0.2) is 0 Å². The third kappa shape index (κ3) is 3.35. The lowest BCUT2D eigenvalue weighted by molar-refractivity contribution is 0.0903. The Kier molecular flexibility index (Phi) is 4.57. The van der Waals surface area contributed by atoms with Gasteiger partial charge in [0.25, 0.3) is 0 Å². The van der Waals surface area contributed by atoms with Crippen molar-refractivity contribution in [2.75, 3.05) is 6.54 Å². The highest BCUT2D eigenvalue weighted by Gasteiger charge is 2.38. The predicted octanol–water partition coefficient (Wildman–Crippen LogP) is 3.24. The van der Waals surface area contributed by atoms with E-state index in [0.29, 0.717) is 18.5 Å². The van der Waals surface area contributed by atoms with Crippen LogP contribution in [0.5, 0.6) is 0 Å². The van der Waals surface area contributed by atoms with E-state index in [4.69, 9.17) is 10.5 Å². The van der Waals surface area contributed by atoms with Crippen LogP contribution >= 0.6 is 0 Å². The second kappa shape index (κ2) is 6.79. The van der Waals surface area contributed by atoms with E-state index in [-0.39, 0.29) is 18.5 Å². The highest BCUT2D eigenvalue weighted by atomic mass is 19.1. The Morgan fingerprint density at radius 1 is 1.17 bits per heavy atom. The minimum atomic E-state index is -0.487. The molecule has 4 nitrogen and oxygen atoms in total. The standard InChI is InChI=1S/C18H19FN2O2/c19-15-9-5-4-8-14(15)17-16(20)10-11-21(17)18(22)23-12-13-6-2-1-3-7-13/h1-9,16-17H,10-12,20H2. The van der Waals surface area contributed by atoms with E-state index < -0.39 is 12.1 Å². The Balaban J connectivity index is 1.73. The van der Waals surface area contributed by atoms with Crippen LogP contribution in [0, 0.1) is 5.82 Å². The summed E-state index contributed by atoms with van der Waals surface area (Å²) in [7, 11) is 0. The summed E-state index contributed by atoms with van der Waals surface area (Å²) >= 11 is 0. The van der Waals surface area contributed by atoms with Crippen LogP contribution in [0.3, 0.4) is 0 Å². The molecule has 0 radical (unpaired) electrons. The number of nitrogens with zero attached hydrogens (tertiary/aromatic N) is 1. The highest BCUT2D eigenvalue weighted by Crippen LogP contribution is 2.33. The Morgan fingerprint density at radius 3 is 2.61 bits per heavy atom. The maximum absolute atomic E-state index is 14.1. The molecule has 2 N–H and O–H groups in total. The molecular formula is C18H19FN2O2. The molecule has 23 heavy (non-hydrogen) atoms. The third-order valence-electron chi connectivity index (χ3n) is 4.11. The molecule has 1 amide bonds. The highest BCUT2D eigenvalue weighted by molar-refractivity contribution is 5.69. The number of carbonyl (C=O) groups excluding carboxylic acids is 1. The fourth-order valence-electron chi connectivity index (χ4n) is 2.94. The summed E-state index contributed by atoms with van der Waals surface area (Å²) < 4.78 is 19.4. The zero-order chi connectivity index (χ0) is 16.2. The third-order valence-corrected chi connectivity index (χ3v) is 4.11. The molecule has 0 aliphatic carbocycles. The Morgan fingerprint density at radius 2 is 1.87 bits per heavy atom. The molecule has 1 aliphatic heterocycles. The van der Waals surface area contributed by atoms with Crippen molar-refractivity contribution < 1.29 is 13.9 Å². The van der Waals surface area contributed by atoms with Crippen LogP contribution in [-0.4, -0.2) is 23.6 Å². The van der Waals surface area contributed by atoms with Crippen molar-refractivity contribution in [1.82, 2.24) is 4.90 Å². The average Bonchev–Trinajstić information content (AvgIpc) is 2.96. The Hall–Kier alpha value is -2.40. The first-order valence-corrected chi connectivity index (χ1v) is 7.64. The Labute approximate surface area is 134 Å². The number of benzene rings is 2. The molecule has 3 rings (SSSR count). The quantitative estimate of drug-likeness (QED) is 0.946. The number of amides is 1. The number of hydrogen-bond donors (Lipinski definition) is 1. The molecule has 120 valence electrons. The average molecular weight is 314 g/mol. The van der Waals surface area contributed by atoms with E-state index in [1.54, 1.807) is 18.2 Å². The molecule has 1 fully saturated rings. The SMILES string of the molecule is NC1CCN(C(=O)OCc2ccccc2)C1c1ccccc1F.